The van der Waals surface area contributed by atoms with Gasteiger partial charge in [-0.15, -0.1) is 0 Å². The predicted octanol–water partition coefficient (Wildman–Crippen LogP) is 2.82. The highest BCUT2D eigenvalue weighted by molar-refractivity contribution is 5.18. The number of pyridine rings is 1. The highest BCUT2D eigenvalue weighted by atomic mass is 14.9. The molecule has 0 amide bonds. The van der Waals surface area contributed by atoms with E-state index in [-0.39, 0.29) is 0 Å². The van der Waals surface area contributed by atoms with Gasteiger partial charge >= 0.3 is 0 Å². The van der Waals surface area contributed by atoms with Crippen LogP contribution in [0, 0.1) is 11.8 Å². The summed E-state index contributed by atoms with van der Waals surface area (Å²) in [4.78, 5) is 4.12. The number of rotatable bonds is 3. The highest BCUT2D eigenvalue weighted by Gasteiger charge is 2.27. The second kappa shape index (κ2) is 5.44. The largest absolute Gasteiger partial charge is 0.317 e. The van der Waals surface area contributed by atoms with Crippen LogP contribution in [0.3, 0.4) is 0 Å². The quantitative estimate of drug-likeness (QED) is 0.844. The van der Waals surface area contributed by atoms with Crippen molar-refractivity contribution in [1.82, 2.24) is 10.3 Å². The zero-order valence-corrected chi connectivity index (χ0v) is 10.3. The lowest BCUT2D eigenvalue weighted by atomic mass is 9.75. The lowest BCUT2D eigenvalue weighted by molar-refractivity contribution is 0.271. The van der Waals surface area contributed by atoms with Crippen molar-refractivity contribution in [1.29, 1.82) is 0 Å². The third kappa shape index (κ3) is 2.62. The van der Waals surface area contributed by atoms with Crippen LogP contribution in [-0.2, 0) is 0 Å². The molecule has 1 saturated heterocycles. The molecular formula is C14H22N2. The number of hydrogen-bond acceptors (Lipinski definition) is 2. The summed E-state index contributed by atoms with van der Waals surface area (Å²) in [5.41, 5.74) is 1.47. The molecule has 0 bridgehead atoms. The SMILES string of the molecule is CC(C)C(c1ccncc1)C1CCNCC1. The van der Waals surface area contributed by atoms with E-state index in [9.17, 15) is 0 Å². The van der Waals surface area contributed by atoms with E-state index in [1.54, 1.807) is 0 Å². The molecule has 0 spiro atoms. The van der Waals surface area contributed by atoms with Crippen LogP contribution in [0.1, 0.15) is 38.2 Å². The standard InChI is InChI=1S/C14H22N2/c1-11(2)14(12-3-7-15-8-4-12)13-5-9-16-10-6-13/h3-4,7-8,11,13-14,16H,5-6,9-10H2,1-2H3. The molecule has 0 aliphatic carbocycles. The summed E-state index contributed by atoms with van der Waals surface area (Å²) in [5.74, 6) is 2.25. The number of aromatic nitrogens is 1. The number of nitrogens with one attached hydrogen (secondary N) is 1. The molecule has 1 atom stereocenters. The smallest absolute Gasteiger partial charge is 0.0270 e. The summed E-state index contributed by atoms with van der Waals surface area (Å²) < 4.78 is 0. The summed E-state index contributed by atoms with van der Waals surface area (Å²) in [6, 6.07) is 4.37. The maximum Gasteiger partial charge on any atom is 0.0270 e. The topological polar surface area (TPSA) is 24.9 Å². The van der Waals surface area contributed by atoms with E-state index < -0.39 is 0 Å². The van der Waals surface area contributed by atoms with Gasteiger partial charge in [0.05, 0.1) is 0 Å². The first-order valence-corrected chi connectivity index (χ1v) is 6.39. The second-order valence-corrected chi connectivity index (χ2v) is 5.14. The molecule has 2 nitrogen and oxygen atoms in total. The van der Waals surface area contributed by atoms with Crippen molar-refractivity contribution in [3.8, 4) is 0 Å². The van der Waals surface area contributed by atoms with E-state index in [1.165, 1.54) is 31.5 Å². The molecule has 16 heavy (non-hydrogen) atoms. The van der Waals surface area contributed by atoms with Gasteiger partial charge in [0.25, 0.3) is 0 Å². The molecule has 1 unspecified atom stereocenters. The predicted molar refractivity (Wildman–Crippen MR) is 67.4 cm³/mol. The molecule has 2 rings (SSSR count). The fourth-order valence-corrected chi connectivity index (χ4v) is 2.99. The molecule has 1 aliphatic rings. The molecule has 0 radical (unpaired) electrons. The van der Waals surface area contributed by atoms with Gasteiger partial charge in [-0.25, -0.2) is 0 Å². The fourth-order valence-electron chi connectivity index (χ4n) is 2.99. The zero-order chi connectivity index (χ0) is 11.4. The molecule has 0 saturated carbocycles. The van der Waals surface area contributed by atoms with E-state index >= 15 is 0 Å². The van der Waals surface area contributed by atoms with Crippen LogP contribution < -0.4 is 5.32 Å². The molecule has 1 aliphatic heterocycles. The van der Waals surface area contributed by atoms with Gasteiger partial charge in [0.1, 0.15) is 0 Å². The van der Waals surface area contributed by atoms with Crippen molar-refractivity contribution in [2.75, 3.05) is 13.1 Å². The zero-order valence-electron chi connectivity index (χ0n) is 10.3. The number of nitrogens with zero attached hydrogens (tertiary/aromatic N) is 1. The average Bonchev–Trinajstić information content (AvgIpc) is 2.31. The van der Waals surface area contributed by atoms with Crippen molar-refractivity contribution < 1.29 is 0 Å². The highest BCUT2D eigenvalue weighted by Crippen LogP contribution is 2.36. The van der Waals surface area contributed by atoms with Gasteiger partial charge in [0.15, 0.2) is 0 Å². The summed E-state index contributed by atoms with van der Waals surface area (Å²) in [7, 11) is 0. The minimum atomic E-state index is 0.699. The molecule has 88 valence electrons. The van der Waals surface area contributed by atoms with Gasteiger partial charge in [-0.1, -0.05) is 13.8 Å². The van der Waals surface area contributed by atoms with Crippen LogP contribution in [0.2, 0.25) is 0 Å². The molecular weight excluding hydrogens is 196 g/mol. The Kier molecular flexibility index (Phi) is 3.94. The molecule has 0 aromatic carbocycles. The van der Waals surface area contributed by atoms with E-state index in [1.807, 2.05) is 12.4 Å². The Morgan fingerprint density at radius 1 is 1.19 bits per heavy atom. The van der Waals surface area contributed by atoms with E-state index in [0.717, 1.165) is 5.92 Å². The molecule has 1 fully saturated rings. The summed E-state index contributed by atoms with van der Waals surface area (Å²) >= 11 is 0. The van der Waals surface area contributed by atoms with Crippen LogP contribution in [0.25, 0.3) is 0 Å². The summed E-state index contributed by atoms with van der Waals surface area (Å²) in [6.07, 6.45) is 6.47. The van der Waals surface area contributed by atoms with Gasteiger partial charge in [0.2, 0.25) is 0 Å². The van der Waals surface area contributed by atoms with Crippen LogP contribution in [-0.4, -0.2) is 18.1 Å². The molecule has 1 N–H and O–H groups in total. The molecule has 2 heteroatoms. The lowest BCUT2D eigenvalue weighted by Crippen LogP contribution is -2.32. The monoisotopic (exact) mass is 218 g/mol. The number of piperidine rings is 1. The number of hydrogen-bond donors (Lipinski definition) is 1. The van der Waals surface area contributed by atoms with Gasteiger partial charge in [0, 0.05) is 12.4 Å². The maximum atomic E-state index is 4.12. The van der Waals surface area contributed by atoms with Crippen LogP contribution in [0.15, 0.2) is 24.5 Å². The first kappa shape index (κ1) is 11.6. The second-order valence-electron chi connectivity index (χ2n) is 5.14. The van der Waals surface area contributed by atoms with Crippen LogP contribution >= 0.6 is 0 Å². The Labute approximate surface area is 98.5 Å². The minimum Gasteiger partial charge on any atom is -0.317 e. The summed E-state index contributed by atoms with van der Waals surface area (Å²) in [5, 5.41) is 3.45. The van der Waals surface area contributed by atoms with Crippen LogP contribution in [0.4, 0.5) is 0 Å². The van der Waals surface area contributed by atoms with Crippen molar-refractivity contribution >= 4 is 0 Å². The Hall–Kier alpha value is -0.890. The third-order valence-corrected chi connectivity index (χ3v) is 3.70. The van der Waals surface area contributed by atoms with Gasteiger partial charge in [-0.2, -0.15) is 0 Å². The Bertz CT molecular complexity index is 302. The maximum absolute atomic E-state index is 4.12. The first-order valence-electron chi connectivity index (χ1n) is 6.39. The normalized spacial score (nSPS) is 19.9. The molecule has 2 heterocycles. The Morgan fingerprint density at radius 3 is 2.38 bits per heavy atom. The third-order valence-electron chi connectivity index (χ3n) is 3.70. The Morgan fingerprint density at radius 2 is 1.81 bits per heavy atom. The van der Waals surface area contributed by atoms with Gasteiger partial charge in [-0.3, -0.25) is 4.98 Å². The lowest BCUT2D eigenvalue weighted by Gasteiger charge is -2.33. The minimum absolute atomic E-state index is 0.699. The van der Waals surface area contributed by atoms with Gasteiger partial charge < -0.3 is 5.32 Å². The molecule has 1 aromatic heterocycles. The van der Waals surface area contributed by atoms with Crippen LogP contribution in [0.5, 0.6) is 0 Å². The van der Waals surface area contributed by atoms with Crippen molar-refractivity contribution in [3.63, 3.8) is 0 Å². The van der Waals surface area contributed by atoms with E-state index in [0.29, 0.717) is 11.8 Å². The first-order chi connectivity index (χ1) is 7.79. The summed E-state index contributed by atoms with van der Waals surface area (Å²) in [6.45, 7) is 7.04. The fraction of sp³-hybridized carbons (Fsp3) is 0.643. The Balaban J connectivity index is 2.16. The average molecular weight is 218 g/mol. The van der Waals surface area contributed by atoms with Crippen molar-refractivity contribution in [2.45, 2.75) is 32.6 Å². The van der Waals surface area contributed by atoms with Gasteiger partial charge in [-0.05, 0) is 61.4 Å². The van der Waals surface area contributed by atoms with Crippen molar-refractivity contribution in [2.24, 2.45) is 11.8 Å². The molecule has 1 aromatic rings. The van der Waals surface area contributed by atoms with E-state index in [2.05, 4.69) is 36.3 Å². The van der Waals surface area contributed by atoms with E-state index in [4.69, 9.17) is 0 Å². The van der Waals surface area contributed by atoms with Crippen molar-refractivity contribution in [3.05, 3.63) is 30.1 Å².